The van der Waals surface area contributed by atoms with Gasteiger partial charge in [0.05, 0.1) is 0 Å². The Bertz CT molecular complexity index is 533. The molecule has 0 atom stereocenters. The molecular weight excluding hydrogens is 309 g/mol. The van der Waals surface area contributed by atoms with E-state index in [4.69, 9.17) is 4.79 Å². The van der Waals surface area contributed by atoms with Gasteiger partial charge in [0.15, 0.2) is 0 Å². The number of hydrogen-bond donors (Lipinski definition) is 2. The van der Waals surface area contributed by atoms with Crippen LogP contribution in [0.5, 0.6) is 5.75 Å². The lowest BCUT2D eigenvalue weighted by Gasteiger charge is -1.97. The highest BCUT2D eigenvalue weighted by molar-refractivity contribution is 5.92. The highest BCUT2D eigenvalue weighted by Gasteiger charge is 1.95. The maximum absolute atomic E-state index is 11.0. The molecule has 0 spiro atoms. The number of para-hydroxylation sites is 1. The molecule has 0 fully saturated rings. The fourth-order valence-corrected chi connectivity index (χ4v) is 1.03. The molecule has 0 radical (unpaired) electrons. The van der Waals surface area contributed by atoms with Crippen LogP contribution in [0.15, 0.2) is 30.3 Å². The lowest BCUT2D eigenvalue weighted by atomic mass is 10.2. The van der Waals surface area contributed by atoms with Crippen LogP contribution in [0.3, 0.4) is 0 Å². The minimum absolute atomic E-state index is 0.157. The molecular formula is C19H28FNO3. The van der Waals surface area contributed by atoms with Gasteiger partial charge in [-0.05, 0) is 32.9 Å². The van der Waals surface area contributed by atoms with Crippen molar-refractivity contribution in [3.8, 4) is 17.6 Å². The van der Waals surface area contributed by atoms with Gasteiger partial charge in [0.25, 0.3) is 6.04 Å². The molecule has 24 heavy (non-hydrogen) atoms. The van der Waals surface area contributed by atoms with E-state index in [9.17, 15) is 14.3 Å². The van der Waals surface area contributed by atoms with Crippen molar-refractivity contribution in [1.82, 2.24) is 5.32 Å². The zero-order valence-electron chi connectivity index (χ0n) is 15.3. The van der Waals surface area contributed by atoms with Gasteiger partial charge < -0.3 is 10.4 Å². The number of carbonyl (C=O) groups is 2. The monoisotopic (exact) mass is 337 g/mol. The lowest BCUT2D eigenvalue weighted by Crippen LogP contribution is -2.19. The number of carbonyl (C=O) groups excluding carboxylic acids is 2. The molecule has 0 saturated carbocycles. The van der Waals surface area contributed by atoms with E-state index in [0.29, 0.717) is 12.1 Å². The first kappa shape index (κ1) is 26.3. The van der Waals surface area contributed by atoms with Crippen molar-refractivity contribution in [3.05, 3.63) is 35.9 Å². The van der Waals surface area contributed by atoms with E-state index in [1.807, 2.05) is 34.6 Å². The summed E-state index contributed by atoms with van der Waals surface area (Å²) < 4.78 is 10.4. The maximum Gasteiger partial charge on any atom is 0.298 e. The normalized spacial score (nSPS) is 7.96. The van der Waals surface area contributed by atoms with Crippen LogP contribution in [-0.4, -0.2) is 23.6 Å². The third-order valence-electron chi connectivity index (χ3n) is 1.95. The summed E-state index contributed by atoms with van der Waals surface area (Å²) in [5.41, 5.74) is 0.638. The van der Waals surface area contributed by atoms with Crippen LogP contribution in [0.1, 0.15) is 47.1 Å². The molecule has 0 aromatic heterocycles. The second kappa shape index (κ2) is 20.4. The van der Waals surface area contributed by atoms with Crippen LogP contribution in [0.2, 0.25) is 0 Å². The highest BCUT2D eigenvalue weighted by Crippen LogP contribution is 2.16. The van der Waals surface area contributed by atoms with E-state index >= 15 is 0 Å². The maximum atomic E-state index is 11.0. The highest BCUT2D eigenvalue weighted by atomic mass is 19.1. The third kappa shape index (κ3) is 21.7. The van der Waals surface area contributed by atoms with Crippen molar-refractivity contribution in [2.24, 2.45) is 0 Å². The first-order valence-electron chi connectivity index (χ1n) is 7.62. The molecule has 1 aromatic carbocycles. The molecule has 1 rings (SSSR count). The SMILES string of the molecule is CC.CC#CC.CC(=O)F.CCNC(=O)/C=C/c1ccccc1O. The van der Waals surface area contributed by atoms with E-state index in [2.05, 4.69) is 17.2 Å². The number of likely N-dealkylation sites (N-methyl/N-ethyl adjacent to an activating group) is 1. The van der Waals surface area contributed by atoms with E-state index in [1.54, 1.807) is 30.3 Å². The quantitative estimate of drug-likeness (QED) is 0.496. The van der Waals surface area contributed by atoms with Crippen LogP contribution in [-0.2, 0) is 9.59 Å². The van der Waals surface area contributed by atoms with Gasteiger partial charge in [0, 0.05) is 25.1 Å². The van der Waals surface area contributed by atoms with Crippen molar-refractivity contribution in [2.45, 2.75) is 41.5 Å². The largest absolute Gasteiger partial charge is 0.507 e. The number of nitrogens with one attached hydrogen (secondary N) is 1. The van der Waals surface area contributed by atoms with Crippen molar-refractivity contribution in [1.29, 1.82) is 0 Å². The number of halogens is 1. The summed E-state index contributed by atoms with van der Waals surface area (Å²) in [6.07, 6.45) is 2.98. The Hall–Kier alpha value is -2.61. The van der Waals surface area contributed by atoms with Gasteiger partial charge in [0.1, 0.15) is 5.75 Å². The Labute approximate surface area is 144 Å². The van der Waals surface area contributed by atoms with E-state index in [-0.39, 0.29) is 11.7 Å². The number of benzene rings is 1. The Morgan fingerprint density at radius 1 is 1.21 bits per heavy atom. The van der Waals surface area contributed by atoms with Gasteiger partial charge in [-0.2, -0.15) is 4.39 Å². The summed E-state index contributed by atoms with van der Waals surface area (Å²) in [7, 11) is 0. The fraction of sp³-hybridized carbons (Fsp3) is 0.368. The Morgan fingerprint density at radius 3 is 2.04 bits per heavy atom. The van der Waals surface area contributed by atoms with E-state index in [0.717, 1.165) is 6.92 Å². The number of phenols is 1. The van der Waals surface area contributed by atoms with Gasteiger partial charge in [0.2, 0.25) is 5.91 Å². The Balaban J connectivity index is -0.000000367. The molecule has 0 bridgehead atoms. The number of phenolic OH excluding ortho intramolecular Hbond substituents is 1. The number of hydrogen-bond acceptors (Lipinski definition) is 3. The molecule has 0 aliphatic heterocycles. The first-order chi connectivity index (χ1) is 11.4. The van der Waals surface area contributed by atoms with Gasteiger partial charge in [-0.1, -0.05) is 32.0 Å². The minimum Gasteiger partial charge on any atom is -0.507 e. The van der Waals surface area contributed by atoms with Crippen molar-refractivity contribution < 1.29 is 19.1 Å². The average molecular weight is 337 g/mol. The van der Waals surface area contributed by atoms with Crippen LogP contribution >= 0.6 is 0 Å². The summed E-state index contributed by atoms with van der Waals surface area (Å²) in [6.45, 7) is 11.0. The molecule has 1 amide bonds. The molecule has 0 aliphatic carbocycles. The molecule has 0 saturated heterocycles. The molecule has 5 heteroatoms. The summed E-state index contributed by atoms with van der Waals surface area (Å²) in [5.74, 6) is 5.38. The summed E-state index contributed by atoms with van der Waals surface area (Å²) >= 11 is 0. The molecule has 0 heterocycles. The standard InChI is InChI=1S/C11H13NO2.C4H6.C2H3FO.C2H6/c1-2-12-11(14)8-7-9-5-3-4-6-10(9)13;1-3-4-2;1-2(3)4;1-2/h3-8,13H,2H2,1H3,(H,12,14);1-2H3;1H3;1-2H3/b8-7+;;;. The molecule has 0 aliphatic rings. The third-order valence-corrected chi connectivity index (χ3v) is 1.95. The predicted molar refractivity (Wildman–Crippen MR) is 98.1 cm³/mol. The van der Waals surface area contributed by atoms with Crippen molar-refractivity contribution >= 4 is 18.0 Å². The summed E-state index contributed by atoms with van der Waals surface area (Å²) in [6, 6.07) is 5.53. The van der Waals surface area contributed by atoms with Crippen LogP contribution in [0.25, 0.3) is 6.08 Å². The smallest absolute Gasteiger partial charge is 0.298 e. The van der Waals surface area contributed by atoms with Gasteiger partial charge in [-0.15, -0.1) is 11.8 Å². The first-order valence-corrected chi connectivity index (χ1v) is 7.62. The predicted octanol–water partition coefficient (Wildman–Crippen LogP) is 4.10. The van der Waals surface area contributed by atoms with Crippen molar-refractivity contribution in [3.63, 3.8) is 0 Å². The lowest BCUT2D eigenvalue weighted by molar-refractivity contribution is -0.126. The fourth-order valence-electron chi connectivity index (χ4n) is 1.03. The topological polar surface area (TPSA) is 66.4 Å². The van der Waals surface area contributed by atoms with Gasteiger partial charge >= 0.3 is 0 Å². The van der Waals surface area contributed by atoms with Crippen LogP contribution < -0.4 is 5.32 Å². The average Bonchev–Trinajstić information content (AvgIpc) is 2.56. The number of rotatable bonds is 3. The van der Waals surface area contributed by atoms with Gasteiger partial charge in [-0.3, -0.25) is 9.59 Å². The summed E-state index contributed by atoms with van der Waals surface area (Å²) in [5, 5.41) is 12.0. The zero-order chi connectivity index (χ0) is 19.4. The molecule has 1 aromatic rings. The molecule has 134 valence electrons. The molecule has 0 unspecified atom stereocenters. The Kier molecular flexibility index (Phi) is 22.3. The number of amides is 1. The van der Waals surface area contributed by atoms with Crippen molar-refractivity contribution in [2.75, 3.05) is 6.54 Å². The Morgan fingerprint density at radius 2 is 1.67 bits per heavy atom. The van der Waals surface area contributed by atoms with E-state index < -0.39 is 6.04 Å². The number of aromatic hydroxyl groups is 1. The van der Waals surface area contributed by atoms with E-state index in [1.165, 1.54) is 6.08 Å². The minimum atomic E-state index is -1.33. The summed E-state index contributed by atoms with van der Waals surface area (Å²) in [4.78, 5) is 19.8. The molecule has 2 N–H and O–H groups in total. The van der Waals surface area contributed by atoms with Crippen LogP contribution in [0.4, 0.5) is 4.39 Å². The molecule has 4 nitrogen and oxygen atoms in total. The zero-order valence-corrected chi connectivity index (χ0v) is 15.3. The van der Waals surface area contributed by atoms with Crippen LogP contribution in [0, 0.1) is 11.8 Å². The second-order valence-electron chi connectivity index (χ2n) is 3.76. The second-order valence-corrected chi connectivity index (χ2v) is 3.76. The van der Waals surface area contributed by atoms with Gasteiger partial charge in [-0.25, -0.2) is 0 Å².